The van der Waals surface area contributed by atoms with E-state index in [2.05, 4.69) is 4.98 Å². The summed E-state index contributed by atoms with van der Waals surface area (Å²) in [6.45, 7) is 1.95. The van der Waals surface area contributed by atoms with Crippen LogP contribution in [0, 0.1) is 5.82 Å². The average molecular weight is 181 g/mol. The topological polar surface area (TPSA) is 12.9 Å². The monoisotopic (exact) mass is 181 g/mol. The summed E-state index contributed by atoms with van der Waals surface area (Å²) in [4.78, 5) is 4.03. The molecule has 0 aliphatic rings. The normalized spacial score (nSPS) is 10.8. The molecule has 62 valence electrons. The van der Waals surface area contributed by atoms with Crippen molar-refractivity contribution < 1.29 is 4.39 Å². The Morgan fingerprint density at radius 1 is 1.50 bits per heavy atom. The van der Waals surface area contributed by atoms with E-state index in [0.717, 1.165) is 22.2 Å². The summed E-state index contributed by atoms with van der Waals surface area (Å²) in [5.74, 6) is -0.143. The van der Waals surface area contributed by atoms with E-state index in [4.69, 9.17) is 0 Å². The standard InChI is InChI=1S/C9H8FNS/c1-2-6-3-9-8(4-7(6)10)11-5-12-9/h3-5H,2H2,1H3. The maximum Gasteiger partial charge on any atom is 0.128 e. The van der Waals surface area contributed by atoms with Gasteiger partial charge in [0.05, 0.1) is 15.7 Å². The van der Waals surface area contributed by atoms with Crippen molar-refractivity contribution in [1.29, 1.82) is 0 Å². The number of fused-ring (bicyclic) bond motifs is 1. The molecule has 3 heteroatoms. The SMILES string of the molecule is CCc1cc2scnc2cc1F. The summed E-state index contributed by atoms with van der Waals surface area (Å²) >= 11 is 1.55. The van der Waals surface area contributed by atoms with Crippen molar-refractivity contribution in [3.63, 3.8) is 0 Å². The maximum atomic E-state index is 13.2. The first kappa shape index (κ1) is 7.68. The van der Waals surface area contributed by atoms with Crippen LogP contribution in [0.25, 0.3) is 10.2 Å². The third-order valence-corrected chi connectivity index (χ3v) is 2.67. The molecule has 1 heterocycles. The molecule has 2 rings (SSSR count). The van der Waals surface area contributed by atoms with E-state index in [0.29, 0.717) is 0 Å². The molecule has 0 unspecified atom stereocenters. The highest BCUT2D eigenvalue weighted by atomic mass is 32.1. The van der Waals surface area contributed by atoms with Crippen molar-refractivity contribution in [3.05, 3.63) is 29.0 Å². The first-order valence-corrected chi connectivity index (χ1v) is 4.71. The Labute approximate surface area is 73.9 Å². The zero-order chi connectivity index (χ0) is 8.55. The molecule has 0 saturated carbocycles. The lowest BCUT2D eigenvalue weighted by atomic mass is 10.1. The molecule has 1 aromatic heterocycles. The second-order valence-electron chi connectivity index (χ2n) is 2.62. The number of aryl methyl sites for hydroxylation is 1. The highest BCUT2D eigenvalue weighted by Gasteiger charge is 2.03. The predicted octanol–water partition coefficient (Wildman–Crippen LogP) is 3.00. The Balaban J connectivity index is 2.73. The molecular weight excluding hydrogens is 173 g/mol. The van der Waals surface area contributed by atoms with Gasteiger partial charge in [0, 0.05) is 6.07 Å². The van der Waals surface area contributed by atoms with Gasteiger partial charge >= 0.3 is 0 Å². The predicted molar refractivity (Wildman–Crippen MR) is 49.0 cm³/mol. The lowest BCUT2D eigenvalue weighted by Crippen LogP contribution is -1.86. The molecule has 0 spiro atoms. The van der Waals surface area contributed by atoms with Gasteiger partial charge in [0.2, 0.25) is 0 Å². The molecule has 0 amide bonds. The van der Waals surface area contributed by atoms with Gasteiger partial charge in [-0.1, -0.05) is 6.92 Å². The Morgan fingerprint density at radius 3 is 3.08 bits per heavy atom. The van der Waals surface area contributed by atoms with Crippen LogP contribution in [-0.4, -0.2) is 4.98 Å². The lowest BCUT2D eigenvalue weighted by molar-refractivity contribution is 0.614. The van der Waals surface area contributed by atoms with Crippen LogP contribution in [0.4, 0.5) is 4.39 Å². The zero-order valence-corrected chi connectivity index (χ0v) is 7.49. The van der Waals surface area contributed by atoms with Crippen molar-refractivity contribution >= 4 is 21.6 Å². The summed E-state index contributed by atoms with van der Waals surface area (Å²) in [5.41, 5.74) is 3.27. The Bertz CT molecular complexity index is 408. The first-order valence-electron chi connectivity index (χ1n) is 3.83. The van der Waals surface area contributed by atoms with Gasteiger partial charge in [-0.2, -0.15) is 0 Å². The average Bonchev–Trinajstić information content (AvgIpc) is 2.49. The number of nitrogens with zero attached hydrogens (tertiary/aromatic N) is 1. The fraction of sp³-hybridized carbons (Fsp3) is 0.222. The van der Waals surface area contributed by atoms with Crippen LogP contribution in [0.2, 0.25) is 0 Å². The number of halogens is 1. The fourth-order valence-corrected chi connectivity index (χ4v) is 1.91. The van der Waals surface area contributed by atoms with Crippen LogP contribution >= 0.6 is 11.3 Å². The maximum absolute atomic E-state index is 13.2. The molecular formula is C9H8FNS. The Kier molecular flexibility index (Phi) is 1.81. The van der Waals surface area contributed by atoms with Crippen molar-refractivity contribution in [2.24, 2.45) is 0 Å². The number of rotatable bonds is 1. The molecule has 2 aromatic rings. The van der Waals surface area contributed by atoms with Crippen LogP contribution in [0.1, 0.15) is 12.5 Å². The second-order valence-corrected chi connectivity index (χ2v) is 3.50. The van der Waals surface area contributed by atoms with Gasteiger partial charge in [0.15, 0.2) is 0 Å². The number of aromatic nitrogens is 1. The molecule has 1 aromatic carbocycles. The minimum Gasteiger partial charge on any atom is -0.245 e. The third-order valence-electron chi connectivity index (χ3n) is 1.88. The smallest absolute Gasteiger partial charge is 0.128 e. The summed E-state index contributed by atoms with van der Waals surface area (Å²) in [6.07, 6.45) is 0.736. The van der Waals surface area contributed by atoms with Crippen LogP contribution in [0.3, 0.4) is 0 Å². The van der Waals surface area contributed by atoms with Gasteiger partial charge in [-0.25, -0.2) is 9.37 Å². The van der Waals surface area contributed by atoms with E-state index in [1.54, 1.807) is 16.8 Å². The molecule has 0 aliphatic carbocycles. The molecule has 0 aliphatic heterocycles. The van der Waals surface area contributed by atoms with Crippen LogP contribution in [-0.2, 0) is 6.42 Å². The zero-order valence-electron chi connectivity index (χ0n) is 6.67. The van der Waals surface area contributed by atoms with Gasteiger partial charge in [-0.3, -0.25) is 0 Å². The van der Waals surface area contributed by atoms with Gasteiger partial charge in [-0.05, 0) is 18.1 Å². The van der Waals surface area contributed by atoms with Crippen molar-refractivity contribution in [2.45, 2.75) is 13.3 Å². The molecule has 1 nitrogen and oxygen atoms in total. The van der Waals surface area contributed by atoms with Crippen LogP contribution < -0.4 is 0 Å². The molecule has 0 atom stereocenters. The molecule has 0 bridgehead atoms. The summed E-state index contributed by atoms with van der Waals surface area (Å²) in [6, 6.07) is 3.38. The van der Waals surface area contributed by atoms with Gasteiger partial charge in [-0.15, -0.1) is 11.3 Å². The summed E-state index contributed by atoms with van der Waals surface area (Å²) in [5, 5.41) is 0. The number of benzene rings is 1. The Hall–Kier alpha value is -0.960. The summed E-state index contributed by atoms with van der Waals surface area (Å²) < 4.78 is 14.2. The van der Waals surface area contributed by atoms with Crippen LogP contribution in [0.15, 0.2) is 17.6 Å². The molecule has 0 N–H and O–H groups in total. The molecule has 0 saturated heterocycles. The molecule has 0 fully saturated rings. The highest BCUT2D eigenvalue weighted by Crippen LogP contribution is 2.21. The Morgan fingerprint density at radius 2 is 2.33 bits per heavy atom. The van der Waals surface area contributed by atoms with E-state index in [9.17, 15) is 4.39 Å². The van der Waals surface area contributed by atoms with Gasteiger partial charge < -0.3 is 0 Å². The van der Waals surface area contributed by atoms with E-state index < -0.39 is 0 Å². The quantitative estimate of drug-likeness (QED) is 0.659. The second kappa shape index (κ2) is 2.83. The largest absolute Gasteiger partial charge is 0.245 e. The van der Waals surface area contributed by atoms with Crippen LogP contribution in [0.5, 0.6) is 0 Å². The van der Waals surface area contributed by atoms with Gasteiger partial charge in [0.25, 0.3) is 0 Å². The fourth-order valence-electron chi connectivity index (χ4n) is 1.19. The van der Waals surface area contributed by atoms with E-state index in [1.807, 2.05) is 13.0 Å². The van der Waals surface area contributed by atoms with Crippen molar-refractivity contribution in [1.82, 2.24) is 4.98 Å². The van der Waals surface area contributed by atoms with Gasteiger partial charge in [0.1, 0.15) is 5.82 Å². The third kappa shape index (κ3) is 1.10. The molecule has 0 radical (unpaired) electrons. The number of thiazole rings is 1. The number of hydrogen-bond donors (Lipinski definition) is 0. The summed E-state index contributed by atoms with van der Waals surface area (Å²) in [7, 11) is 0. The minimum absolute atomic E-state index is 0.143. The lowest BCUT2D eigenvalue weighted by Gasteiger charge is -1.97. The molecule has 12 heavy (non-hydrogen) atoms. The van der Waals surface area contributed by atoms with Crippen molar-refractivity contribution in [2.75, 3.05) is 0 Å². The van der Waals surface area contributed by atoms with E-state index >= 15 is 0 Å². The van der Waals surface area contributed by atoms with E-state index in [1.165, 1.54) is 6.07 Å². The number of hydrogen-bond acceptors (Lipinski definition) is 2. The highest BCUT2D eigenvalue weighted by molar-refractivity contribution is 7.16. The van der Waals surface area contributed by atoms with E-state index in [-0.39, 0.29) is 5.82 Å². The minimum atomic E-state index is -0.143. The van der Waals surface area contributed by atoms with Crippen molar-refractivity contribution in [3.8, 4) is 0 Å². The first-order chi connectivity index (χ1) is 5.81.